The fourth-order valence-corrected chi connectivity index (χ4v) is 5.14. The van der Waals surface area contributed by atoms with Crippen molar-refractivity contribution in [1.29, 1.82) is 0 Å². The molecule has 0 saturated carbocycles. The first-order valence-electron chi connectivity index (χ1n) is 11.9. The minimum atomic E-state index is -0.0264. The molecule has 1 heterocycles. The molecule has 3 unspecified atom stereocenters. The molecule has 32 heavy (non-hydrogen) atoms. The number of amides is 1. The van der Waals surface area contributed by atoms with Crippen molar-refractivity contribution in [2.45, 2.75) is 38.6 Å². The lowest BCUT2D eigenvalue weighted by molar-refractivity contribution is 0.0949. The van der Waals surface area contributed by atoms with E-state index in [2.05, 4.69) is 71.9 Å². The van der Waals surface area contributed by atoms with Crippen LogP contribution in [0.4, 0.5) is 11.4 Å². The van der Waals surface area contributed by atoms with Gasteiger partial charge in [-0.3, -0.25) is 4.79 Å². The first-order valence-corrected chi connectivity index (χ1v) is 11.9. The molecule has 1 amide bonds. The van der Waals surface area contributed by atoms with Gasteiger partial charge in [-0.1, -0.05) is 36.4 Å². The summed E-state index contributed by atoms with van der Waals surface area (Å²) in [5.74, 6) is 0.767. The van der Waals surface area contributed by atoms with Crippen LogP contribution in [0.5, 0.6) is 0 Å². The minimum Gasteiger partial charge on any atom is -0.385 e. The normalized spacial score (nSPS) is 20.9. The molecule has 0 bridgehead atoms. The molecule has 5 heteroatoms. The van der Waals surface area contributed by atoms with E-state index in [4.69, 9.17) is 4.74 Å². The van der Waals surface area contributed by atoms with Crippen LogP contribution in [0.1, 0.15) is 60.1 Å². The van der Waals surface area contributed by atoms with Gasteiger partial charge in [-0.2, -0.15) is 0 Å². The average Bonchev–Trinajstić information content (AvgIpc) is 3.32. The molecule has 1 aliphatic heterocycles. The third kappa shape index (κ3) is 4.40. The van der Waals surface area contributed by atoms with Crippen LogP contribution in [0.15, 0.2) is 54.6 Å². The Morgan fingerprint density at radius 1 is 1.16 bits per heavy atom. The highest BCUT2D eigenvalue weighted by atomic mass is 16.5. The summed E-state index contributed by atoms with van der Waals surface area (Å²) < 4.78 is 5.09. The Kier molecular flexibility index (Phi) is 7.15. The second kappa shape index (κ2) is 10.2. The SMILES string of the molecule is CCN(CC)c1ccc(C2Nc3c(C(=O)NCCCOC)cccc3C3C=CCC32)cc1. The number of anilines is 2. The van der Waals surface area contributed by atoms with Crippen LogP contribution in [-0.4, -0.2) is 39.3 Å². The number of nitrogens with one attached hydrogen (secondary N) is 2. The number of para-hydroxylation sites is 1. The number of fused-ring (bicyclic) bond motifs is 3. The molecule has 4 rings (SSSR count). The largest absolute Gasteiger partial charge is 0.385 e. The van der Waals surface area contributed by atoms with Gasteiger partial charge < -0.3 is 20.3 Å². The lowest BCUT2D eigenvalue weighted by Gasteiger charge is -2.38. The number of rotatable bonds is 9. The summed E-state index contributed by atoms with van der Waals surface area (Å²) >= 11 is 0. The number of methoxy groups -OCH3 is 1. The monoisotopic (exact) mass is 433 g/mol. The number of carbonyl (C=O) groups is 1. The fraction of sp³-hybridized carbons (Fsp3) is 0.444. The van der Waals surface area contributed by atoms with Crippen molar-refractivity contribution in [2.24, 2.45) is 5.92 Å². The highest BCUT2D eigenvalue weighted by Gasteiger charge is 2.39. The van der Waals surface area contributed by atoms with Crippen LogP contribution >= 0.6 is 0 Å². The number of carbonyl (C=O) groups excluding carboxylic acids is 1. The first kappa shape index (κ1) is 22.4. The molecular weight excluding hydrogens is 398 g/mol. The van der Waals surface area contributed by atoms with Gasteiger partial charge in [0.2, 0.25) is 0 Å². The van der Waals surface area contributed by atoms with Crippen molar-refractivity contribution >= 4 is 17.3 Å². The molecule has 2 N–H and O–H groups in total. The maximum atomic E-state index is 13.0. The summed E-state index contributed by atoms with van der Waals surface area (Å²) in [6, 6.07) is 15.2. The van der Waals surface area contributed by atoms with Gasteiger partial charge in [0.15, 0.2) is 0 Å². The van der Waals surface area contributed by atoms with Gasteiger partial charge in [0, 0.05) is 45.0 Å². The summed E-state index contributed by atoms with van der Waals surface area (Å²) in [5, 5.41) is 6.82. The summed E-state index contributed by atoms with van der Waals surface area (Å²) in [6.07, 6.45) is 6.47. The number of benzene rings is 2. The van der Waals surface area contributed by atoms with Crippen LogP contribution in [0.3, 0.4) is 0 Å². The molecule has 0 fully saturated rings. The van der Waals surface area contributed by atoms with E-state index in [9.17, 15) is 4.79 Å². The van der Waals surface area contributed by atoms with Crippen molar-refractivity contribution < 1.29 is 9.53 Å². The van der Waals surface area contributed by atoms with Crippen molar-refractivity contribution in [3.63, 3.8) is 0 Å². The van der Waals surface area contributed by atoms with Crippen molar-refractivity contribution in [3.05, 3.63) is 71.3 Å². The predicted octanol–water partition coefficient (Wildman–Crippen LogP) is 5.13. The van der Waals surface area contributed by atoms with E-state index in [1.807, 2.05) is 12.1 Å². The zero-order valence-electron chi connectivity index (χ0n) is 19.4. The van der Waals surface area contributed by atoms with Gasteiger partial charge in [0.1, 0.15) is 0 Å². The lowest BCUT2D eigenvalue weighted by atomic mass is 9.76. The summed E-state index contributed by atoms with van der Waals surface area (Å²) in [7, 11) is 1.68. The molecule has 1 aliphatic carbocycles. The summed E-state index contributed by atoms with van der Waals surface area (Å²) in [4.78, 5) is 15.3. The molecule has 0 radical (unpaired) electrons. The predicted molar refractivity (Wildman–Crippen MR) is 132 cm³/mol. The van der Waals surface area contributed by atoms with E-state index in [0.29, 0.717) is 25.0 Å². The Labute approximate surface area is 191 Å². The smallest absolute Gasteiger partial charge is 0.253 e. The molecule has 0 spiro atoms. The van der Waals surface area contributed by atoms with Gasteiger partial charge >= 0.3 is 0 Å². The minimum absolute atomic E-state index is 0.0264. The van der Waals surface area contributed by atoms with E-state index >= 15 is 0 Å². The number of hydrogen-bond acceptors (Lipinski definition) is 4. The molecule has 0 saturated heterocycles. The number of ether oxygens (including phenoxy) is 1. The molecular formula is C27H35N3O2. The quantitative estimate of drug-likeness (QED) is 0.425. The maximum absolute atomic E-state index is 13.0. The molecule has 2 aromatic rings. The fourth-order valence-electron chi connectivity index (χ4n) is 5.14. The first-order chi connectivity index (χ1) is 15.7. The average molecular weight is 434 g/mol. The van der Waals surface area contributed by atoms with E-state index in [0.717, 1.165) is 37.2 Å². The number of hydrogen-bond donors (Lipinski definition) is 2. The van der Waals surface area contributed by atoms with Gasteiger partial charge in [-0.05, 0) is 61.9 Å². The van der Waals surface area contributed by atoms with E-state index in [1.54, 1.807) is 7.11 Å². The third-order valence-electron chi connectivity index (χ3n) is 6.83. The lowest BCUT2D eigenvalue weighted by Crippen LogP contribution is -2.32. The van der Waals surface area contributed by atoms with Crippen LogP contribution < -0.4 is 15.5 Å². The van der Waals surface area contributed by atoms with Crippen molar-refractivity contribution in [3.8, 4) is 0 Å². The third-order valence-corrected chi connectivity index (χ3v) is 6.83. The van der Waals surface area contributed by atoms with E-state index in [-0.39, 0.29) is 11.9 Å². The second-order valence-corrected chi connectivity index (χ2v) is 8.61. The zero-order valence-corrected chi connectivity index (χ0v) is 19.4. The van der Waals surface area contributed by atoms with E-state index in [1.165, 1.54) is 16.8 Å². The standard InChI is InChI=1S/C27H35N3O2/c1-4-30(5-2)20-15-13-19(14-16-20)25-22-10-6-9-21(22)23-11-7-12-24(26(23)29-25)27(31)28-17-8-18-32-3/h6-7,9,11-16,21-22,25,29H,4-5,8,10,17-18H2,1-3H3,(H,28,31). The second-order valence-electron chi connectivity index (χ2n) is 8.61. The van der Waals surface area contributed by atoms with Crippen molar-refractivity contribution in [2.75, 3.05) is 43.6 Å². The summed E-state index contributed by atoms with van der Waals surface area (Å²) in [5.41, 5.74) is 5.46. The van der Waals surface area contributed by atoms with Crippen molar-refractivity contribution in [1.82, 2.24) is 5.32 Å². The Morgan fingerprint density at radius 3 is 2.66 bits per heavy atom. The van der Waals surface area contributed by atoms with Crippen LogP contribution in [0, 0.1) is 5.92 Å². The molecule has 2 aliphatic rings. The van der Waals surface area contributed by atoms with Gasteiger partial charge in [-0.25, -0.2) is 0 Å². The summed E-state index contributed by atoms with van der Waals surface area (Å²) in [6.45, 7) is 7.64. The number of nitrogens with zero attached hydrogens (tertiary/aromatic N) is 1. The van der Waals surface area contributed by atoms with E-state index < -0.39 is 0 Å². The molecule has 170 valence electrons. The molecule has 0 aromatic heterocycles. The Balaban J connectivity index is 1.61. The highest BCUT2D eigenvalue weighted by Crippen LogP contribution is 2.50. The van der Waals surface area contributed by atoms with Crippen LogP contribution in [-0.2, 0) is 4.74 Å². The number of allylic oxidation sites excluding steroid dienone is 2. The molecule has 5 nitrogen and oxygen atoms in total. The topological polar surface area (TPSA) is 53.6 Å². The van der Waals surface area contributed by atoms with Gasteiger partial charge in [0.05, 0.1) is 17.3 Å². The Bertz CT molecular complexity index is 950. The highest BCUT2D eigenvalue weighted by molar-refractivity contribution is 6.00. The van der Waals surface area contributed by atoms with Gasteiger partial charge in [0.25, 0.3) is 5.91 Å². The van der Waals surface area contributed by atoms with Crippen LogP contribution in [0.2, 0.25) is 0 Å². The van der Waals surface area contributed by atoms with Gasteiger partial charge in [-0.15, -0.1) is 0 Å². The zero-order chi connectivity index (χ0) is 22.5. The van der Waals surface area contributed by atoms with Crippen LogP contribution in [0.25, 0.3) is 0 Å². The maximum Gasteiger partial charge on any atom is 0.253 e. The molecule has 2 aromatic carbocycles. The Morgan fingerprint density at radius 2 is 1.94 bits per heavy atom. The molecule has 3 atom stereocenters. The Hall–Kier alpha value is -2.79.